The van der Waals surface area contributed by atoms with Crippen LogP contribution in [0.15, 0.2) is 36.7 Å². The predicted molar refractivity (Wildman–Crippen MR) is 60.6 cm³/mol. The van der Waals surface area contributed by atoms with E-state index in [-0.39, 0.29) is 5.56 Å². The number of benzene rings is 1. The highest BCUT2D eigenvalue weighted by molar-refractivity contribution is 5.23. The van der Waals surface area contributed by atoms with Crippen molar-refractivity contribution in [2.75, 3.05) is 0 Å². The van der Waals surface area contributed by atoms with Crippen LogP contribution in [-0.4, -0.2) is 9.78 Å². The van der Waals surface area contributed by atoms with E-state index in [2.05, 4.69) is 5.10 Å². The van der Waals surface area contributed by atoms with Crippen LogP contribution in [0.2, 0.25) is 0 Å². The zero-order valence-electron chi connectivity index (χ0n) is 9.18. The minimum atomic E-state index is -2.42. The van der Waals surface area contributed by atoms with Crippen LogP contribution in [0.25, 0.3) is 0 Å². The highest BCUT2D eigenvalue weighted by Gasteiger charge is 2.06. The molecule has 17 heavy (non-hydrogen) atoms. The quantitative estimate of drug-likeness (QED) is 0.886. The van der Waals surface area contributed by atoms with Crippen LogP contribution in [0.5, 0.6) is 0 Å². The van der Waals surface area contributed by atoms with E-state index < -0.39 is 6.43 Å². The van der Waals surface area contributed by atoms with Crippen LogP contribution in [0.4, 0.5) is 8.78 Å². The van der Waals surface area contributed by atoms with E-state index in [0.717, 1.165) is 11.1 Å². The van der Waals surface area contributed by atoms with Gasteiger partial charge < -0.3 is 5.73 Å². The fourth-order valence-corrected chi connectivity index (χ4v) is 1.55. The third-order valence-corrected chi connectivity index (χ3v) is 2.50. The van der Waals surface area contributed by atoms with Gasteiger partial charge in [-0.2, -0.15) is 5.10 Å². The molecule has 1 heterocycles. The number of alkyl halides is 2. The Morgan fingerprint density at radius 1 is 1.18 bits per heavy atom. The van der Waals surface area contributed by atoms with E-state index in [9.17, 15) is 8.78 Å². The topological polar surface area (TPSA) is 43.8 Å². The lowest BCUT2D eigenvalue weighted by Gasteiger charge is -2.03. The lowest BCUT2D eigenvalue weighted by Crippen LogP contribution is -2.00. The highest BCUT2D eigenvalue weighted by Crippen LogP contribution is 2.18. The molecule has 0 aliphatic carbocycles. The van der Waals surface area contributed by atoms with Gasteiger partial charge in [-0.1, -0.05) is 24.3 Å². The van der Waals surface area contributed by atoms with Crippen molar-refractivity contribution in [1.29, 1.82) is 0 Å². The van der Waals surface area contributed by atoms with Gasteiger partial charge in [-0.05, 0) is 5.56 Å². The standard InChI is InChI=1S/C12H13F2N3/c13-12(14)11-3-1-9(2-4-11)7-17-8-10(5-15)6-16-17/h1-4,6,8,12H,5,7,15H2. The van der Waals surface area contributed by atoms with E-state index in [1.54, 1.807) is 23.0 Å². The van der Waals surface area contributed by atoms with Gasteiger partial charge in [0.15, 0.2) is 0 Å². The zero-order chi connectivity index (χ0) is 12.3. The second-order valence-corrected chi connectivity index (χ2v) is 3.79. The summed E-state index contributed by atoms with van der Waals surface area (Å²) in [7, 11) is 0. The summed E-state index contributed by atoms with van der Waals surface area (Å²) >= 11 is 0. The minimum Gasteiger partial charge on any atom is -0.326 e. The van der Waals surface area contributed by atoms with Gasteiger partial charge in [0.2, 0.25) is 0 Å². The minimum absolute atomic E-state index is 0.0388. The van der Waals surface area contributed by atoms with Gasteiger partial charge in [0, 0.05) is 23.9 Å². The van der Waals surface area contributed by atoms with E-state index >= 15 is 0 Å². The molecule has 5 heteroatoms. The molecule has 0 atom stereocenters. The lowest BCUT2D eigenvalue weighted by molar-refractivity contribution is 0.151. The molecule has 0 unspecified atom stereocenters. The first kappa shape index (κ1) is 11.7. The highest BCUT2D eigenvalue weighted by atomic mass is 19.3. The van der Waals surface area contributed by atoms with Crippen molar-refractivity contribution in [2.24, 2.45) is 5.73 Å². The predicted octanol–water partition coefficient (Wildman–Crippen LogP) is 2.33. The SMILES string of the molecule is NCc1cnn(Cc2ccc(C(F)F)cc2)c1. The Morgan fingerprint density at radius 3 is 2.41 bits per heavy atom. The molecule has 2 aromatic rings. The fraction of sp³-hybridized carbons (Fsp3) is 0.250. The maximum atomic E-state index is 12.3. The Kier molecular flexibility index (Phi) is 3.49. The Bertz CT molecular complexity index is 477. The molecule has 90 valence electrons. The van der Waals surface area contributed by atoms with Gasteiger partial charge in [-0.25, -0.2) is 8.78 Å². The maximum Gasteiger partial charge on any atom is 0.263 e. The van der Waals surface area contributed by atoms with Crippen LogP contribution in [0.3, 0.4) is 0 Å². The Hall–Kier alpha value is -1.75. The molecule has 1 aromatic heterocycles. The first-order chi connectivity index (χ1) is 8.19. The number of hydrogen-bond acceptors (Lipinski definition) is 2. The van der Waals surface area contributed by atoms with Gasteiger partial charge in [0.05, 0.1) is 12.7 Å². The summed E-state index contributed by atoms with van der Waals surface area (Å²) in [5.74, 6) is 0. The van der Waals surface area contributed by atoms with Gasteiger partial charge in [0.1, 0.15) is 0 Å². The summed E-state index contributed by atoms with van der Waals surface area (Å²) in [6.07, 6.45) is 1.13. The molecule has 0 saturated heterocycles. The Balaban J connectivity index is 2.08. The zero-order valence-corrected chi connectivity index (χ0v) is 9.18. The van der Waals surface area contributed by atoms with Gasteiger partial charge >= 0.3 is 0 Å². The van der Waals surface area contributed by atoms with Crippen molar-refractivity contribution in [2.45, 2.75) is 19.5 Å². The third kappa shape index (κ3) is 2.88. The molecule has 0 bridgehead atoms. The summed E-state index contributed by atoms with van der Waals surface area (Å²) in [6.45, 7) is 1.01. The number of hydrogen-bond donors (Lipinski definition) is 1. The molecule has 0 aliphatic rings. The number of halogens is 2. The first-order valence-electron chi connectivity index (χ1n) is 5.27. The van der Waals surface area contributed by atoms with Crippen LogP contribution in [-0.2, 0) is 13.1 Å². The van der Waals surface area contributed by atoms with Crippen LogP contribution in [0.1, 0.15) is 23.1 Å². The second kappa shape index (κ2) is 5.05. The fourth-order valence-electron chi connectivity index (χ4n) is 1.55. The molecule has 0 saturated carbocycles. The van der Waals surface area contributed by atoms with Crippen molar-refractivity contribution in [1.82, 2.24) is 9.78 Å². The summed E-state index contributed by atoms with van der Waals surface area (Å²) < 4.78 is 26.4. The number of aromatic nitrogens is 2. The molecule has 0 fully saturated rings. The van der Waals surface area contributed by atoms with E-state index in [1.165, 1.54) is 12.1 Å². The number of rotatable bonds is 4. The molecular formula is C12H13F2N3. The van der Waals surface area contributed by atoms with Gasteiger partial charge in [-0.3, -0.25) is 4.68 Å². The summed E-state index contributed by atoms with van der Waals surface area (Å²) in [6, 6.07) is 6.25. The molecular weight excluding hydrogens is 224 g/mol. The average molecular weight is 237 g/mol. The van der Waals surface area contributed by atoms with E-state index in [1.807, 2.05) is 6.20 Å². The molecule has 0 amide bonds. The van der Waals surface area contributed by atoms with Gasteiger partial charge in [-0.15, -0.1) is 0 Å². The monoisotopic (exact) mass is 237 g/mol. The molecule has 0 aliphatic heterocycles. The molecule has 0 radical (unpaired) electrons. The smallest absolute Gasteiger partial charge is 0.263 e. The second-order valence-electron chi connectivity index (χ2n) is 3.79. The third-order valence-electron chi connectivity index (χ3n) is 2.50. The average Bonchev–Trinajstić information content (AvgIpc) is 2.77. The number of nitrogens with zero attached hydrogens (tertiary/aromatic N) is 2. The summed E-state index contributed by atoms with van der Waals surface area (Å²) in [5, 5.41) is 4.13. The van der Waals surface area contributed by atoms with Crippen LogP contribution < -0.4 is 5.73 Å². The van der Waals surface area contributed by atoms with Crippen LogP contribution >= 0.6 is 0 Å². The molecule has 2 N–H and O–H groups in total. The number of nitrogens with two attached hydrogens (primary N) is 1. The van der Waals surface area contributed by atoms with Crippen molar-refractivity contribution in [3.05, 3.63) is 53.3 Å². The Morgan fingerprint density at radius 2 is 1.88 bits per heavy atom. The first-order valence-corrected chi connectivity index (χ1v) is 5.27. The summed E-state index contributed by atoms with van der Waals surface area (Å²) in [5.41, 5.74) is 7.40. The summed E-state index contributed by atoms with van der Waals surface area (Å²) in [4.78, 5) is 0. The molecule has 1 aromatic carbocycles. The van der Waals surface area contributed by atoms with E-state index in [0.29, 0.717) is 13.1 Å². The lowest BCUT2D eigenvalue weighted by atomic mass is 10.1. The van der Waals surface area contributed by atoms with Crippen molar-refractivity contribution in [3.8, 4) is 0 Å². The molecule has 2 rings (SSSR count). The van der Waals surface area contributed by atoms with Gasteiger partial charge in [0.25, 0.3) is 6.43 Å². The molecule has 0 spiro atoms. The normalized spacial score (nSPS) is 11.1. The molecule has 3 nitrogen and oxygen atoms in total. The van der Waals surface area contributed by atoms with Crippen molar-refractivity contribution in [3.63, 3.8) is 0 Å². The van der Waals surface area contributed by atoms with E-state index in [4.69, 9.17) is 5.73 Å². The van der Waals surface area contributed by atoms with Crippen molar-refractivity contribution >= 4 is 0 Å². The van der Waals surface area contributed by atoms with Crippen LogP contribution in [0, 0.1) is 0 Å². The maximum absolute atomic E-state index is 12.3. The Labute approximate surface area is 97.9 Å². The van der Waals surface area contributed by atoms with Crippen molar-refractivity contribution < 1.29 is 8.78 Å². The largest absolute Gasteiger partial charge is 0.326 e.